The topological polar surface area (TPSA) is 27.7 Å². The Bertz CT molecular complexity index is 425. The van der Waals surface area contributed by atoms with E-state index >= 15 is 0 Å². The number of halogens is 1. The second-order valence-electron chi connectivity index (χ2n) is 4.45. The van der Waals surface area contributed by atoms with E-state index < -0.39 is 5.79 Å². The second-order valence-corrected chi connectivity index (χ2v) is 4.72. The number of alkyl halides is 1. The van der Waals surface area contributed by atoms with E-state index in [9.17, 15) is 0 Å². The summed E-state index contributed by atoms with van der Waals surface area (Å²) in [5.41, 5.74) is 3.14. The Morgan fingerprint density at radius 1 is 1.22 bits per heavy atom. The van der Waals surface area contributed by atoms with Crippen LogP contribution in [0.5, 0.6) is 5.75 Å². The standard InChI is InChI=1S/C14H19ClO3/c1-4-16-13-8-10(2)12(7-11(13)3)14(9-15)17-5-6-18-14/h7-8H,4-6,9H2,1-3H3. The van der Waals surface area contributed by atoms with Gasteiger partial charge in [-0.2, -0.15) is 0 Å². The van der Waals surface area contributed by atoms with Gasteiger partial charge in [0.25, 0.3) is 0 Å². The van der Waals surface area contributed by atoms with E-state index in [4.69, 9.17) is 25.8 Å². The summed E-state index contributed by atoms with van der Waals surface area (Å²) in [5, 5.41) is 0. The minimum atomic E-state index is -0.791. The lowest BCUT2D eigenvalue weighted by Crippen LogP contribution is -2.30. The van der Waals surface area contributed by atoms with Crippen molar-refractivity contribution in [2.24, 2.45) is 0 Å². The van der Waals surface area contributed by atoms with Crippen LogP contribution in [-0.2, 0) is 15.3 Å². The highest BCUT2D eigenvalue weighted by atomic mass is 35.5. The molecule has 0 N–H and O–H groups in total. The van der Waals surface area contributed by atoms with Crippen LogP contribution in [0, 0.1) is 13.8 Å². The average molecular weight is 271 g/mol. The van der Waals surface area contributed by atoms with E-state index in [0.29, 0.717) is 25.7 Å². The predicted molar refractivity (Wildman–Crippen MR) is 71.4 cm³/mol. The van der Waals surface area contributed by atoms with Crippen LogP contribution in [0.2, 0.25) is 0 Å². The molecular weight excluding hydrogens is 252 g/mol. The highest BCUT2D eigenvalue weighted by Gasteiger charge is 2.39. The molecule has 1 fully saturated rings. The minimum absolute atomic E-state index is 0.293. The normalized spacial score (nSPS) is 18.0. The monoisotopic (exact) mass is 270 g/mol. The molecule has 0 spiro atoms. The van der Waals surface area contributed by atoms with Gasteiger partial charge in [-0.05, 0) is 44.0 Å². The number of hydrogen-bond donors (Lipinski definition) is 0. The lowest BCUT2D eigenvalue weighted by atomic mass is 9.98. The molecule has 1 aromatic carbocycles. The number of benzene rings is 1. The molecular formula is C14H19ClO3. The van der Waals surface area contributed by atoms with E-state index in [1.165, 1.54) is 0 Å². The third kappa shape index (κ3) is 2.35. The van der Waals surface area contributed by atoms with Crippen LogP contribution in [-0.4, -0.2) is 25.7 Å². The summed E-state index contributed by atoms with van der Waals surface area (Å²) >= 11 is 6.04. The van der Waals surface area contributed by atoms with E-state index in [1.807, 2.05) is 32.9 Å². The molecule has 1 saturated heterocycles. The molecule has 3 nitrogen and oxygen atoms in total. The van der Waals surface area contributed by atoms with Gasteiger partial charge in [-0.15, -0.1) is 11.6 Å². The first kappa shape index (κ1) is 13.7. The van der Waals surface area contributed by atoms with Crippen LogP contribution in [0.25, 0.3) is 0 Å². The minimum Gasteiger partial charge on any atom is -0.494 e. The molecule has 1 aliphatic rings. The van der Waals surface area contributed by atoms with Crippen molar-refractivity contribution in [2.45, 2.75) is 26.6 Å². The summed E-state index contributed by atoms with van der Waals surface area (Å²) in [4.78, 5) is 0. The van der Waals surface area contributed by atoms with Crippen molar-refractivity contribution in [2.75, 3.05) is 25.7 Å². The number of aryl methyl sites for hydroxylation is 2. The fourth-order valence-electron chi connectivity index (χ4n) is 2.27. The van der Waals surface area contributed by atoms with Gasteiger partial charge in [0, 0.05) is 5.56 Å². The lowest BCUT2D eigenvalue weighted by molar-refractivity contribution is -0.146. The van der Waals surface area contributed by atoms with Crippen molar-refractivity contribution in [1.82, 2.24) is 0 Å². The summed E-state index contributed by atoms with van der Waals surface area (Å²) < 4.78 is 17.0. The molecule has 0 aromatic heterocycles. The third-order valence-electron chi connectivity index (χ3n) is 3.16. The van der Waals surface area contributed by atoms with Crippen molar-refractivity contribution >= 4 is 11.6 Å². The Labute approximate surface area is 113 Å². The maximum Gasteiger partial charge on any atom is 0.209 e. The molecule has 4 heteroatoms. The van der Waals surface area contributed by atoms with Crippen molar-refractivity contribution in [1.29, 1.82) is 0 Å². The largest absolute Gasteiger partial charge is 0.494 e. The summed E-state index contributed by atoms with van der Waals surface area (Å²) in [6, 6.07) is 4.07. The first-order chi connectivity index (χ1) is 8.63. The molecule has 0 aliphatic carbocycles. The molecule has 0 atom stereocenters. The van der Waals surface area contributed by atoms with Gasteiger partial charge >= 0.3 is 0 Å². The molecule has 0 amide bonds. The lowest BCUT2D eigenvalue weighted by Gasteiger charge is -2.27. The maximum atomic E-state index is 6.04. The summed E-state index contributed by atoms with van der Waals surface area (Å²) in [6.07, 6.45) is 0. The van der Waals surface area contributed by atoms with Crippen LogP contribution in [0.3, 0.4) is 0 Å². The van der Waals surface area contributed by atoms with E-state index in [-0.39, 0.29) is 0 Å². The first-order valence-electron chi connectivity index (χ1n) is 6.21. The molecule has 1 aliphatic heterocycles. The van der Waals surface area contributed by atoms with Gasteiger partial charge in [-0.1, -0.05) is 0 Å². The fourth-order valence-corrected chi connectivity index (χ4v) is 2.57. The molecule has 100 valence electrons. The van der Waals surface area contributed by atoms with Gasteiger partial charge in [0.15, 0.2) is 0 Å². The Hall–Kier alpha value is -0.770. The molecule has 1 heterocycles. The van der Waals surface area contributed by atoms with Crippen LogP contribution in [0.1, 0.15) is 23.6 Å². The van der Waals surface area contributed by atoms with Crippen molar-refractivity contribution < 1.29 is 14.2 Å². The molecule has 0 unspecified atom stereocenters. The summed E-state index contributed by atoms with van der Waals surface area (Å²) in [6.45, 7) is 7.84. The average Bonchev–Trinajstić information content (AvgIpc) is 2.83. The van der Waals surface area contributed by atoms with Crippen molar-refractivity contribution in [3.8, 4) is 5.75 Å². The van der Waals surface area contributed by atoms with Gasteiger partial charge < -0.3 is 14.2 Å². The van der Waals surface area contributed by atoms with Crippen LogP contribution in [0.4, 0.5) is 0 Å². The zero-order valence-corrected chi connectivity index (χ0v) is 11.8. The van der Waals surface area contributed by atoms with Gasteiger partial charge in [-0.25, -0.2) is 0 Å². The SMILES string of the molecule is CCOc1cc(C)c(C2(CCl)OCCO2)cc1C. The molecule has 18 heavy (non-hydrogen) atoms. The Morgan fingerprint density at radius 3 is 2.44 bits per heavy atom. The Kier molecular flexibility index (Phi) is 4.15. The number of rotatable bonds is 4. The molecule has 1 aromatic rings. The van der Waals surface area contributed by atoms with Crippen LogP contribution < -0.4 is 4.74 Å². The predicted octanol–water partition coefficient (Wildman–Crippen LogP) is 3.14. The highest BCUT2D eigenvalue weighted by molar-refractivity contribution is 6.18. The van der Waals surface area contributed by atoms with E-state index in [2.05, 4.69) is 0 Å². The van der Waals surface area contributed by atoms with E-state index in [0.717, 1.165) is 22.4 Å². The smallest absolute Gasteiger partial charge is 0.209 e. The van der Waals surface area contributed by atoms with Crippen LogP contribution in [0.15, 0.2) is 12.1 Å². The Morgan fingerprint density at radius 2 is 1.89 bits per heavy atom. The van der Waals surface area contributed by atoms with Gasteiger partial charge in [0.1, 0.15) is 5.75 Å². The molecule has 2 rings (SSSR count). The second kappa shape index (κ2) is 5.47. The Balaban J connectivity index is 2.42. The van der Waals surface area contributed by atoms with Gasteiger partial charge in [0.2, 0.25) is 5.79 Å². The zero-order valence-electron chi connectivity index (χ0n) is 11.1. The maximum absolute atomic E-state index is 6.04. The van der Waals surface area contributed by atoms with Gasteiger partial charge in [-0.3, -0.25) is 0 Å². The molecule has 0 saturated carbocycles. The molecule has 0 bridgehead atoms. The summed E-state index contributed by atoms with van der Waals surface area (Å²) in [7, 11) is 0. The van der Waals surface area contributed by atoms with E-state index in [1.54, 1.807) is 0 Å². The first-order valence-corrected chi connectivity index (χ1v) is 6.75. The zero-order chi connectivity index (χ0) is 13.2. The van der Waals surface area contributed by atoms with Crippen molar-refractivity contribution in [3.63, 3.8) is 0 Å². The van der Waals surface area contributed by atoms with Gasteiger partial charge in [0.05, 0.1) is 25.7 Å². The van der Waals surface area contributed by atoms with Crippen molar-refractivity contribution in [3.05, 3.63) is 28.8 Å². The fraction of sp³-hybridized carbons (Fsp3) is 0.571. The third-order valence-corrected chi connectivity index (χ3v) is 3.51. The molecule has 0 radical (unpaired) electrons. The summed E-state index contributed by atoms with van der Waals surface area (Å²) in [5.74, 6) is 0.407. The van der Waals surface area contributed by atoms with Crippen LogP contribution >= 0.6 is 11.6 Å². The number of ether oxygens (including phenoxy) is 3. The number of hydrogen-bond acceptors (Lipinski definition) is 3. The highest BCUT2D eigenvalue weighted by Crippen LogP contribution is 2.37. The quantitative estimate of drug-likeness (QED) is 0.787.